The third kappa shape index (κ3) is 4.82. The van der Waals surface area contributed by atoms with Gasteiger partial charge in [-0.3, -0.25) is 0 Å². The molecule has 8 aromatic rings. The van der Waals surface area contributed by atoms with Gasteiger partial charge in [-0.25, -0.2) is 4.98 Å². The van der Waals surface area contributed by atoms with Gasteiger partial charge in [0.1, 0.15) is 0 Å². The molecule has 0 N–H and O–H groups in total. The van der Waals surface area contributed by atoms with Crippen LogP contribution in [-0.2, 0) is 20.1 Å². The average molecular weight is 712 g/mol. The minimum atomic E-state index is 0. The van der Waals surface area contributed by atoms with Crippen molar-refractivity contribution >= 4 is 53.6 Å². The van der Waals surface area contributed by atoms with Crippen molar-refractivity contribution in [1.29, 1.82) is 0 Å². The second-order valence-corrected chi connectivity index (χ2v) is 10.2. The van der Waals surface area contributed by atoms with Crippen molar-refractivity contribution in [3.8, 4) is 22.5 Å². The fourth-order valence-corrected chi connectivity index (χ4v) is 5.80. The molecule has 5 heterocycles. The van der Waals surface area contributed by atoms with E-state index in [0.717, 1.165) is 44.6 Å². The van der Waals surface area contributed by atoms with Crippen LogP contribution in [0.25, 0.3) is 64.8 Å². The predicted octanol–water partition coefficient (Wildman–Crippen LogP) is 9.07. The Morgan fingerprint density at radius 2 is 1.57 bits per heavy atom. The van der Waals surface area contributed by atoms with E-state index in [0.29, 0.717) is 5.71 Å². The summed E-state index contributed by atoms with van der Waals surface area (Å²) in [4.78, 5) is 13.5. The predicted molar refractivity (Wildman–Crippen MR) is 160 cm³/mol. The first-order valence-electron chi connectivity index (χ1n) is 12.6. The SMILES string of the molecule is Cc1ccc2c(n1)oc1c(-c3cc4c(cn3)sc3ccccc34)[c-]ccc12.[Ir].[c-]1ccccc1-c1ccccn1. The number of nitrogens with zero attached hydrogens (tertiary/aromatic N) is 3. The number of benzene rings is 3. The number of aromatic nitrogens is 3. The third-order valence-electron chi connectivity index (χ3n) is 6.61. The van der Waals surface area contributed by atoms with E-state index in [9.17, 15) is 0 Å². The van der Waals surface area contributed by atoms with Crippen molar-refractivity contribution in [3.05, 3.63) is 127 Å². The van der Waals surface area contributed by atoms with E-state index in [1.54, 1.807) is 17.5 Å². The van der Waals surface area contributed by atoms with Crippen molar-refractivity contribution in [1.82, 2.24) is 15.0 Å². The molecule has 0 atom stereocenters. The monoisotopic (exact) mass is 712 g/mol. The molecule has 0 aliphatic carbocycles. The minimum Gasteiger partial charge on any atom is -0.486 e. The van der Waals surface area contributed by atoms with Crippen LogP contribution < -0.4 is 0 Å². The Labute approximate surface area is 248 Å². The van der Waals surface area contributed by atoms with Crippen molar-refractivity contribution in [2.45, 2.75) is 6.92 Å². The van der Waals surface area contributed by atoms with Crippen molar-refractivity contribution in [2.24, 2.45) is 0 Å². The molecule has 0 spiro atoms. The minimum absolute atomic E-state index is 0. The number of thiophene rings is 1. The second kappa shape index (κ2) is 11.1. The van der Waals surface area contributed by atoms with Crippen LogP contribution in [0.5, 0.6) is 0 Å². The van der Waals surface area contributed by atoms with Crippen molar-refractivity contribution < 1.29 is 24.5 Å². The van der Waals surface area contributed by atoms with Gasteiger partial charge in [-0.05, 0) is 53.3 Å². The van der Waals surface area contributed by atoms with Gasteiger partial charge >= 0.3 is 0 Å². The number of furan rings is 1. The maximum absolute atomic E-state index is 6.12. The zero-order chi connectivity index (χ0) is 26.2. The van der Waals surface area contributed by atoms with E-state index in [4.69, 9.17) is 9.40 Å². The number of rotatable bonds is 2. The molecular weight excluding hydrogens is 691 g/mol. The van der Waals surface area contributed by atoms with Gasteiger partial charge in [-0.2, -0.15) is 0 Å². The van der Waals surface area contributed by atoms with Crippen LogP contribution in [0, 0.1) is 19.1 Å². The molecule has 5 aromatic heterocycles. The standard InChI is InChI=1S/C23H13N2OS.C11H8N.Ir/c1-13-9-10-16-15-6-4-7-17(22(15)26-23(16)25-13)19-11-18-14-5-2-3-8-20(14)27-21(18)12-24-19;1-2-6-10(7-3-1)11-8-4-5-9-12-11;/h2-6,8-12H,1H3;1-6,8-9H;/q2*-1;. The largest absolute Gasteiger partial charge is 0.486 e. The number of hydrogen-bond acceptors (Lipinski definition) is 5. The third-order valence-corrected chi connectivity index (χ3v) is 7.73. The summed E-state index contributed by atoms with van der Waals surface area (Å²) in [7, 11) is 0. The Morgan fingerprint density at radius 3 is 2.42 bits per heavy atom. The first kappa shape index (κ1) is 26.0. The zero-order valence-corrected chi connectivity index (χ0v) is 24.6. The molecule has 3 aromatic carbocycles. The molecule has 0 bridgehead atoms. The van der Waals surface area contributed by atoms with Crippen LogP contribution in [-0.4, -0.2) is 15.0 Å². The molecule has 0 aliphatic heterocycles. The van der Waals surface area contributed by atoms with Crippen LogP contribution in [0.3, 0.4) is 0 Å². The Bertz CT molecular complexity index is 2050. The number of pyridine rings is 3. The van der Waals surface area contributed by atoms with Crippen LogP contribution in [0.1, 0.15) is 5.69 Å². The van der Waals surface area contributed by atoms with Gasteiger partial charge in [-0.15, -0.1) is 65.4 Å². The van der Waals surface area contributed by atoms with Crippen molar-refractivity contribution in [2.75, 3.05) is 0 Å². The van der Waals surface area contributed by atoms with E-state index in [-0.39, 0.29) is 20.1 Å². The van der Waals surface area contributed by atoms with Gasteiger partial charge < -0.3 is 14.4 Å². The molecular formula is C34H21IrN3OS-2. The Balaban J connectivity index is 0.000000188. The fraction of sp³-hybridized carbons (Fsp3) is 0.0294. The van der Waals surface area contributed by atoms with Gasteiger partial charge in [0.2, 0.25) is 5.71 Å². The van der Waals surface area contributed by atoms with Crippen LogP contribution in [0.15, 0.2) is 114 Å². The van der Waals surface area contributed by atoms with Crippen molar-refractivity contribution in [3.63, 3.8) is 0 Å². The van der Waals surface area contributed by atoms with E-state index >= 15 is 0 Å². The summed E-state index contributed by atoms with van der Waals surface area (Å²) in [6, 6.07) is 38.8. The van der Waals surface area contributed by atoms with Gasteiger partial charge in [0, 0.05) is 48.3 Å². The summed E-state index contributed by atoms with van der Waals surface area (Å²) in [5, 5.41) is 4.54. The summed E-state index contributed by atoms with van der Waals surface area (Å²) in [6.45, 7) is 1.97. The maximum atomic E-state index is 6.12. The smallest absolute Gasteiger partial charge is 0.216 e. The summed E-state index contributed by atoms with van der Waals surface area (Å²) in [5.74, 6) is 0. The molecule has 0 unspecified atom stereocenters. The molecule has 8 rings (SSSR count). The van der Waals surface area contributed by atoms with Gasteiger partial charge in [0.25, 0.3) is 0 Å². The molecule has 6 heteroatoms. The molecule has 0 fully saturated rings. The van der Waals surface area contributed by atoms with Gasteiger partial charge in [0.15, 0.2) is 0 Å². The summed E-state index contributed by atoms with van der Waals surface area (Å²) < 4.78 is 8.58. The normalized spacial score (nSPS) is 10.9. The molecule has 1 radical (unpaired) electrons. The molecule has 40 heavy (non-hydrogen) atoms. The van der Waals surface area contributed by atoms with Crippen LogP contribution in [0.2, 0.25) is 0 Å². The number of fused-ring (bicyclic) bond motifs is 6. The van der Waals surface area contributed by atoms with E-state index in [1.165, 1.54) is 20.2 Å². The zero-order valence-electron chi connectivity index (χ0n) is 21.4. The molecule has 0 amide bonds. The second-order valence-electron chi connectivity index (χ2n) is 9.16. The Hall–Kier alpha value is -4.22. The van der Waals surface area contributed by atoms with E-state index in [2.05, 4.69) is 58.5 Å². The topological polar surface area (TPSA) is 51.8 Å². The summed E-state index contributed by atoms with van der Waals surface area (Å²) in [5.41, 5.74) is 6.14. The first-order valence-corrected chi connectivity index (χ1v) is 13.4. The Kier molecular flexibility index (Phi) is 7.23. The summed E-state index contributed by atoms with van der Waals surface area (Å²) in [6.07, 6.45) is 3.74. The van der Waals surface area contributed by atoms with E-state index < -0.39 is 0 Å². The van der Waals surface area contributed by atoms with Gasteiger partial charge in [-0.1, -0.05) is 47.3 Å². The van der Waals surface area contributed by atoms with Gasteiger partial charge in [0.05, 0.1) is 10.3 Å². The summed E-state index contributed by atoms with van der Waals surface area (Å²) >= 11 is 1.77. The van der Waals surface area contributed by atoms with Crippen LogP contribution >= 0.6 is 11.3 Å². The number of hydrogen-bond donors (Lipinski definition) is 0. The maximum Gasteiger partial charge on any atom is 0.216 e. The Morgan fingerprint density at radius 1 is 0.700 bits per heavy atom. The molecule has 195 valence electrons. The molecule has 0 saturated carbocycles. The first-order chi connectivity index (χ1) is 19.2. The average Bonchev–Trinajstić information content (AvgIpc) is 3.56. The number of aryl methyl sites for hydroxylation is 1. The molecule has 0 aliphatic rings. The molecule has 4 nitrogen and oxygen atoms in total. The fourth-order valence-electron chi connectivity index (χ4n) is 4.75. The quantitative estimate of drug-likeness (QED) is 0.168. The molecule has 0 saturated heterocycles. The van der Waals surface area contributed by atoms with Crippen LogP contribution in [0.4, 0.5) is 0 Å². The van der Waals surface area contributed by atoms with E-state index in [1.807, 2.05) is 73.8 Å².